The lowest BCUT2D eigenvalue weighted by Gasteiger charge is -1.70. The SMILES string of the molecule is NC(=S)N=C=S. The van der Waals surface area contributed by atoms with E-state index in [0.29, 0.717) is 0 Å². The molecule has 0 radical (unpaired) electrons. The standard InChI is InChI=1S/C2H2N2S2/c3-2(6)4-1-5/h(H2,3,6). The number of nitrogens with zero attached hydrogens (tertiary/aromatic N) is 1. The molecule has 0 rings (SSSR count). The molecule has 0 aliphatic carbocycles. The van der Waals surface area contributed by atoms with Gasteiger partial charge >= 0.3 is 0 Å². The number of thiocarbonyl (C=S) groups is 2. The molecule has 32 valence electrons. The van der Waals surface area contributed by atoms with Crippen LogP contribution in [0.5, 0.6) is 0 Å². The van der Waals surface area contributed by atoms with Crippen LogP contribution in [0, 0.1) is 0 Å². The maximum atomic E-state index is 4.84. The van der Waals surface area contributed by atoms with Gasteiger partial charge in [0.15, 0.2) is 5.11 Å². The molecule has 2 nitrogen and oxygen atoms in total. The Hall–Kier alpha value is -0.310. The lowest BCUT2D eigenvalue weighted by Crippen LogP contribution is -2.01. The molecule has 0 aromatic carbocycles. The van der Waals surface area contributed by atoms with Gasteiger partial charge in [-0.3, -0.25) is 0 Å². The molecule has 0 aliphatic heterocycles. The molecular formula is C2H2N2S2. The van der Waals surface area contributed by atoms with Gasteiger partial charge in [-0.05, 0) is 24.4 Å². The molecule has 4 heteroatoms. The van der Waals surface area contributed by atoms with Crippen molar-refractivity contribution in [2.45, 2.75) is 0 Å². The minimum atomic E-state index is 0.0324. The van der Waals surface area contributed by atoms with E-state index in [1.165, 1.54) is 0 Å². The highest BCUT2D eigenvalue weighted by Gasteiger charge is 1.67. The van der Waals surface area contributed by atoms with Gasteiger partial charge in [-0.2, -0.15) is 4.99 Å². The Bertz CT molecular complexity index is 102. The maximum absolute atomic E-state index is 4.84. The zero-order valence-electron chi connectivity index (χ0n) is 2.84. The Morgan fingerprint density at radius 1 is 1.83 bits per heavy atom. The first kappa shape index (κ1) is 5.69. The van der Waals surface area contributed by atoms with E-state index in [4.69, 9.17) is 5.73 Å². The van der Waals surface area contributed by atoms with Gasteiger partial charge < -0.3 is 5.73 Å². The monoisotopic (exact) mass is 118 g/mol. The molecule has 0 atom stereocenters. The fourth-order valence-corrected chi connectivity index (χ4v) is 0.247. The summed E-state index contributed by atoms with van der Waals surface area (Å²) < 4.78 is 0. The van der Waals surface area contributed by atoms with E-state index < -0.39 is 0 Å². The summed E-state index contributed by atoms with van der Waals surface area (Å²) in [5, 5.41) is 2.04. The molecule has 0 aromatic rings. The van der Waals surface area contributed by atoms with Crippen molar-refractivity contribution >= 4 is 34.7 Å². The Balaban J connectivity index is 3.60. The number of nitrogens with two attached hydrogens (primary N) is 1. The number of isothiocyanates is 1. The molecule has 6 heavy (non-hydrogen) atoms. The summed E-state index contributed by atoms with van der Waals surface area (Å²) in [4.78, 5) is 3.20. The van der Waals surface area contributed by atoms with Crippen molar-refractivity contribution in [1.82, 2.24) is 0 Å². The number of rotatable bonds is 0. The van der Waals surface area contributed by atoms with Crippen molar-refractivity contribution in [2.24, 2.45) is 10.7 Å². The largest absolute Gasteiger partial charge is 0.374 e. The first-order valence-electron chi connectivity index (χ1n) is 1.14. The van der Waals surface area contributed by atoms with Gasteiger partial charge in [0.25, 0.3) is 0 Å². The molecule has 0 amide bonds. The smallest absolute Gasteiger partial charge is 0.199 e. The van der Waals surface area contributed by atoms with E-state index in [9.17, 15) is 0 Å². The van der Waals surface area contributed by atoms with E-state index in [-0.39, 0.29) is 5.11 Å². The predicted octanol–water partition coefficient (Wildman–Crippen LogP) is 0.333. The molecule has 0 heterocycles. The van der Waals surface area contributed by atoms with Crippen molar-refractivity contribution in [3.05, 3.63) is 0 Å². The van der Waals surface area contributed by atoms with Gasteiger partial charge in [0.2, 0.25) is 0 Å². The van der Waals surface area contributed by atoms with Crippen LogP contribution in [0.15, 0.2) is 4.99 Å². The maximum Gasteiger partial charge on any atom is 0.199 e. The molecule has 0 aliphatic rings. The molecule has 0 bridgehead atoms. The van der Waals surface area contributed by atoms with Crippen LogP contribution in [0.3, 0.4) is 0 Å². The third-order valence-corrected chi connectivity index (χ3v) is 0.338. The summed E-state index contributed by atoms with van der Waals surface area (Å²) in [7, 11) is 0. The number of hydrogen-bond acceptors (Lipinski definition) is 2. The molecule has 0 saturated carbocycles. The van der Waals surface area contributed by atoms with Gasteiger partial charge in [0.05, 0.1) is 5.16 Å². The Morgan fingerprint density at radius 3 is 2.33 bits per heavy atom. The first-order valence-corrected chi connectivity index (χ1v) is 1.96. The minimum Gasteiger partial charge on any atom is -0.374 e. The van der Waals surface area contributed by atoms with Gasteiger partial charge in [0, 0.05) is 0 Å². The Morgan fingerprint density at radius 2 is 2.33 bits per heavy atom. The number of hydrogen-bond donors (Lipinski definition) is 1. The van der Waals surface area contributed by atoms with E-state index in [0.717, 1.165) is 0 Å². The Kier molecular flexibility index (Phi) is 2.75. The highest BCUT2D eigenvalue weighted by Crippen LogP contribution is 1.60. The average molecular weight is 118 g/mol. The molecule has 2 N–H and O–H groups in total. The molecule has 0 spiro atoms. The second-order valence-electron chi connectivity index (χ2n) is 0.541. The van der Waals surface area contributed by atoms with Crippen molar-refractivity contribution in [3.8, 4) is 0 Å². The predicted molar refractivity (Wildman–Crippen MR) is 31.8 cm³/mol. The first-order chi connectivity index (χ1) is 2.77. The van der Waals surface area contributed by atoms with Crippen molar-refractivity contribution in [2.75, 3.05) is 0 Å². The average Bonchev–Trinajstić information content (AvgIpc) is 1.35. The van der Waals surface area contributed by atoms with Crippen LogP contribution in [0.4, 0.5) is 0 Å². The molecular weight excluding hydrogens is 116 g/mol. The third kappa shape index (κ3) is 3.69. The fourth-order valence-electron chi connectivity index (χ4n) is 0.0450. The molecule has 0 saturated heterocycles. The summed E-state index contributed by atoms with van der Waals surface area (Å²) in [5.41, 5.74) is 4.84. The third-order valence-electron chi connectivity index (χ3n) is 0.156. The van der Waals surface area contributed by atoms with E-state index >= 15 is 0 Å². The van der Waals surface area contributed by atoms with Gasteiger partial charge in [0.1, 0.15) is 0 Å². The minimum absolute atomic E-state index is 0.0324. The highest BCUT2D eigenvalue weighted by molar-refractivity contribution is 7.80. The second-order valence-corrected chi connectivity index (χ2v) is 1.14. The zero-order chi connectivity index (χ0) is 4.99. The second kappa shape index (κ2) is 2.90. The van der Waals surface area contributed by atoms with Crippen LogP contribution in [-0.4, -0.2) is 10.3 Å². The van der Waals surface area contributed by atoms with E-state index in [2.05, 4.69) is 29.4 Å². The van der Waals surface area contributed by atoms with Crippen molar-refractivity contribution in [3.63, 3.8) is 0 Å². The summed E-state index contributed by atoms with van der Waals surface area (Å²) >= 11 is 8.42. The highest BCUT2D eigenvalue weighted by atomic mass is 32.1. The lowest BCUT2D eigenvalue weighted by atomic mass is 11.2. The Labute approximate surface area is 46.1 Å². The van der Waals surface area contributed by atoms with Crippen LogP contribution in [0.2, 0.25) is 0 Å². The van der Waals surface area contributed by atoms with Crippen LogP contribution >= 0.6 is 24.4 Å². The van der Waals surface area contributed by atoms with Gasteiger partial charge in [-0.15, -0.1) is 0 Å². The molecule has 0 unspecified atom stereocenters. The van der Waals surface area contributed by atoms with Crippen LogP contribution in [-0.2, 0) is 0 Å². The molecule has 0 fully saturated rings. The summed E-state index contributed by atoms with van der Waals surface area (Å²) in [6, 6.07) is 0. The topological polar surface area (TPSA) is 38.4 Å². The quantitative estimate of drug-likeness (QED) is 0.368. The summed E-state index contributed by atoms with van der Waals surface area (Å²) in [6.45, 7) is 0. The summed E-state index contributed by atoms with van der Waals surface area (Å²) in [5.74, 6) is 0. The molecule has 0 aromatic heterocycles. The van der Waals surface area contributed by atoms with Gasteiger partial charge in [-0.25, -0.2) is 0 Å². The van der Waals surface area contributed by atoms with Crippen molar-refractivity contribution < 1.29 is 0 Å². The number of aliphatic imine (C=N–C) groups is 1. The van der Waals surface area contributed by atoms with Crippen LogP contribution in [0.25, 0.3) is 0 Å². The van der Waals surface area contributed by atoms with Crippen LogP contribution in [0.1, 0.15) is 0 Å². The lowest BCUT2D eigenvalue weighted by molar-refractivity contribution is 1.66. The van der Waals surface area contributed by atoms with E-state index in [1.807, 2.05) is 5.16 Å². The van der Waals surface area contributed by atoms with Gasteiger partial charge in [-0.1, -0.05) is 0 Å². The normalized spacial score (nSPS) is 6.00. The van der Waals surface area contributed by atoms with Crippen LogP contribution < -0.4 is 5.73 Å². The zero-order valence-corrected chi connectivity index (χ0v) is 4.47. The van der Waals surface area contributed by atoms with E-state index in [1.54, 1.807) is 0 Å². The van der Waals surface area contributed by atoms with Crippen molar-refractivity contribution in [1.29, 1.82) is 0 Å². The summed E-state index contributed by atoms with van der Waals surface area (Å²) in [6.07, 6.45) is 0. The fraction of sp³-hybridized carbons (Fsp3) is 0.